The Balaban J connectivity index is 1.94. The number of rotatable bonds is 5. The van der Waals surface area contributed by atoms with Crippen molar-refractivity contribution in [1.29, 1.82) is 0 Å². The van der Waals surface area contributed by atoms with E-state index in [9.17, 15) is 14.4 Å². The van der Waals surface area contributed by atoms with Gasteiger partial charge >= 0.3 is 11.9 Å². The Morgan fingerprint density at radius 1 is 1.19 bits per heavy atom. The molecule has 3 rings (SSSR count). The van der Waals surface area contributed by atoms with Gasteiger partial charge in [-0.1, -0.05) is 0 Å². The van der Waals surface area contributed by atoms with Crippen molar-refractivity contribution in [2.45, 2.75) is 13.8 Å². The lowest BCUT2D eigenvalue weighted by atomic mass is 10.1. The summed E-state index contributed by atoms with van der Waals surface area (Å²) in [5, 5.41) is 2.89. The maximum Gasteiger partial charge on any atom is 0.348 e. The van der Waals surface area contributed by atoms with Crippen LogP contribution in [0.2, 0.25) is 0 Å². The van der Waals surface area contributed by atoms with Gasteiger partial charge in [-0.05, 0) is 37.6 Å². The third-order valence-electron chi connectivity index (χ3n) is 3.86. The summed E-state index contributed by atoms with van der Waals surface area (Å²) in [6, 6.07) is 4.75. The molecular weight excluding hydrogens is 374 g/mol. The number of amides is 1. The molecule has 1 aliphatic rings. The number of hydrogen-bond acceptors (Lipinski definition) is 8. The number of esters is 2. The predicted octanol–water partition coefficient (Wildman–Crippen LogP) is 3.00. The number of nitrogens with one attached hydrogen (secondary N) is 1. The van der Waals surface area contributed by atoms with Crippen molar-refractivity contribution in [2.75, 3.05) is 25.8 Å². The summed E-state index contributed by atoms with van der Waals surface area (Å²) in [6.45, 7) is 3.54. The molecule has 0 radical (unpaired) electrons. The molecule has 0 atom stereocenters. The van der Waals surface area contributed by atoms with Crippen LogP contribution in [0.25, 0.3) is 0 Å². The number of benzene rings is 1. The molecule has 1 aliphatic heterocycles. The monoisotopic (exact) mass is 391 g/mol. The molecule has 9 heteroatoms. The Bertz CT molecular complexity index is 919. The lowest BCUT2D eigenvalue weighted by Crippen LogP contribution is -2.15. The Labute approximate surface area is 159 Å². The Kier molecular flexibility index (Phi) is 5.31. The quantitative estimate of drug-likeness (QED) is 0.782. The number of hydrogen-bond donors (Lipinski definition) is 1. The first-order valence-corrected chi connectivity index (χ1v) is 8.87. The van der Waals surface area contributed by atoms with Crippen LogP contribution in [0.3, 0.4) is 0 Å². The van der Waals surface area contributed by atoms with E-state index in [0.717, 1.165) is 11.3 Å². The fourth-order valence-corrected chi connectivity index (χ4v) is 3.66. The molecule has 27 heavy (non-hydrogen) atoms. The van der Waals surface area contributed by atoms with Gasteiger partial charge in [0.1, 0.15) is 9.88 Å². The molecule has 1 N–H and O–H groups in total. The Morgan fingerprint density at radius 2 is 1.93 bits per heavy atom. The summed E-state index contributed by atoms with van der Waals surface area (Å²) in [7, 11) is 1.25. The molecule has 0 saturated carbocycles. The van der Waals surface area contributed by atoms with Crippen LogP contribution in [0.1, 0.15) is 42.9 Å². The highest BCUT2D eigenvalue weighted by Gasteiger charge is 2.27. The highest BCUT2D eigenvalue weighted by Crippen LogP contribution is 2.36. The Morgan fingerprint density at radius 3 is 2.63 bits per heavy atom. The zero-order valence-electron chi connectivity index (χ0n) is 14.9. The molecule has 1 amide bonds. The van der Waals surface area contributed by atoms with Gasteiger partial charge in [0, 0.05) is 5.56 Å². The molecule has 0 spiro atoms. The van der Waals surface area contributed by atoms with Gasteiger partial charge in [-0.3, -0.25) is 4.79 Å². The second-order valence-electron chi connectivity index (χ2n) is 5.49. The third-order valence-corrected chi connectivity index (χ3v) is 5.05. The van der Waals surface area contributed by atoms with Crippen LogP contribution >= 0.6 is 11.3 Å². The summed E-state index contributed by atoms with van der Waals surface area (Å²) in [5.74, 6) is -0.657. The summed E-state index contributed by atoms with van der Waals surface area (Å²) >= 11 is 0.958. The van der Waals surface area contributed by atoms with Crippen LogP contribution < -0.4 is 14.8 Å². The highest BCUT2D eigenvalue weighted by molar-refractivity contribution is 7.18. The number of fused-ring (bicyclic) bond motifs is 1. The standard InChI is InChI=1S/C18H17NO7S/c1-4-24-17(21)13-9(2)14(18(22)23-3)27-16(13)19-15(20)10-5-6-11-12(7-10)26-8-25-11/h5-7H,4,8H2,1-3H3,(H,19,20). The zero-order valence-corrected chi connectivity index (χ0v) is 15.7. The second kappa shape index (κ2) is 7.67. The van der Waals surface area contributed by atoms with Crippen molar-refractivity contribution in [3.05, 3.63) is 39.8 Å². The van der Waals surface area contributed by atoms with Gasteiger partial charge in [0.15, 0.2) is 11.5 Å². The van der Waals surface area contributed by atoms with E-state index in [2.05, 4.69) is 5.32 Å². The van der Waals surface area contributed by atoms with Crippen LogP contribution in [-0.2, 0) is 9.47 Å². The maximum atomic E-state index is 12.6. The van der Waals surface area contributed by atoms with Gasteiger partial charge in [-0.15, -0.1) is 11.3 Å². The molecule has 0 fully saturated rings. The van der Waals surface area contributed by atoms with Crippen LogP contribution in [0.15, 0.2) is 18.2 Å². The van der Waals surface area contributed by atoms with Gasteiger partial charge in [-0.2, -0.15) is 0 Å². The molecule has 1 aromatic heterocycles. The van der Waals surface area contributed by atoms with Crippen molar-refractivity contribution in [3.8, 4) is 11.5 Å². The minimum Gasteiger partial charge on any atom is -0.465 e. The number of carbonyl (C=O) groups excluding carboxylic acids is 3. The van der Waals surface area contributed by atoms with E-state index in [1.54, 1.807) is 32.0 Å². The molecule has 0 aliphatic carbocycles. The van der Waals surface area contributed by atoms with E-state index in [1.807, 2.05) is 0 Å². The zero-order chi connectivity index (χ0) is 19.6. The minimum absolute atomic E-state index is 0.0972. The van der Waals surface area contributed by atoms with E-state index in [0.29, 0.717) is 22.6 Å². The van der Waals surface area contributed by atoms with Crippen LogP contribution in [0.5, 0.6) is 11.5 Å². The van der Waals surface area contributed by atoms with E-state index in [4.69, 9.17) is 18.9 Å². The smallest absolute Gasteiger partial charge is 0.348 e. The van der Waals surface area contributed by atoms with Gasteiger partial charge in [0.25, 0.3) is 5.91 Å². The predicted molar refractivity (Wildman–Crippen MR) is 96.9 cm³/mol. The van der Waals surface area contributed by atoms with Gasteiger partial charge in [0.2, 0.25) is 6.79 Å². The first-order chi connectivity index (χ1) is 13.0. The van der Waals surface area contributed by atoms with Crippen molar-refractivity contribution in [2.24, 2.45) is 0 Å². The number of thiophene rings is 1. The van der Waals surface area contributed by atoms with Crippen molar-refractivity contribution in [3.63, 3.8) is 0 Å². The lowest BCUT2D eigenvalue weighted by Gasteiger charge is -2.07. The molecule has 2 heterocycles. The molecule has 1 aromatic carbocycles. The van der Waals surface area contributed by atoms with Crippen molar-refractivity contribution < 1.29 is 33.3 Å². The van der Waals surface area contributed by atoms with E-state index < -0.39 is 17.8 Å². The fourth-order valence-electron chi connectivity index (χ4n) is 2.55. The molecule has 0 bridgehead atoms. The highest BCUT2D eigenvalue weighted by atomic mass is 32.1. The number of ether oxygens (including phenoxy) is 4. The van der Waals surface area contributed by atoms with Crippen LogP contribution in [-0.4, -0.2) is 38.4 Å². The van der Waals surface area contributed by atoms with Gasteiger partial charge in [0.05, 0.1) is 19.3 Å². The molecule has 8 nitrogen and oxygen atoms in total. The molecule has 142 valence electrons. The molecule has 0 unspecified atom stereocenters. The van der Waals surface area contributed by atoms with Crippen molar-refractivity contribution >= 4 is 34.2 Å². The average Bonchev–Trinajstić information content (AvgIpc) is 3.24. The summed E-state index contributed by atoms with van der Waals surface area (Å²) in [4.78, 5) is 37.1. The normalized spacial score (nSPS) is 11.8. The first-order valence-electron chi connectivity index (χ1n) is 8.06. The topological polar surface area (TPSA) is 100 Å². The average molecular weight is 391 g/mol. The minimum atomic E-state index is -0.623. The summed E-state index contributed by atoms with van der Waals surface area (Å²) in [5.41, 5.74) is 0.849. The largest absolute Gasteiger partial charge is 0.465 e. The molecule has 2 aromatic rings. The summed E-state index contributed by atoms with van der Waals surface area (Å²) in [6.07, 6.45) is 0. The first kappa shape index (κ1) is 18.7. The SMILES string of the molecule is CCOC(=O)c1c(NC(=O)c2ccc3c(c2)OCO3)sc(C(=O)OC)c1C. The Hall–Kier alpha value is -3.07. The third kappa shape index (κ3) is 3.59. The second-order valence-corrected chi connectivity index (χ2v) is 6.52. The number of methoxy groups -OCH3 is 1. The molecular formula is C18H17NO7S. The van der Waals surface area contributed by atoms with E-state index in [1.165, 1.54) is 7.11 Å². The lowest BCUT2D eigenvalue weighted by molar-refractivity contribution is 0.0527. The number of carbonyl (C=O) groups is 3. The van der Waals surface area contributed by atoms with E-state index in [-0.39, 0.29) is 28.8 Å². The van der Waals surface area contributed by atoms with Gasteiger partial charge in [-0.25, -0.2) is 9.59 Å². The van der Waals surface area contributed by atoms with Gasteiger partial charge < -0.3 is 24.3 Å². The van der Waals surface area contributed by atoms with E-state index >= 15 is 0 Å². The molecule has 0 saturated heterocycles. The van der Waals surface area contributed by atoms with Crippen LogP contribution in [0.4, 0.5) is 5.00 Å². The number of anilines is 1. The maximum absolute atomic E-state index is 12.6. The fraction of sp³-hybridized carbons (Fsp3) is 0.278. The van der Waals surface area contributed by atoms with Crippen LogP contribution in [0, 0.1) is 6.92 Å². The summed E-state index contributed by atoms with van der Waals surface area (Å²) < 4.78 is 20.3. The van der Waals surface area contributed by atoms with Crippen molar-refractivity contribution in [1.82, 2.24) is 0 Å².